The van der Waals surface area contributed by atoms with E-state index in [-0.39, 0.29) is 30.2 Å². The van der Waals surface area contributed by atoms with Crippen molar-refractivity contribution in [2.45, 2.75) is 51.1 Å². The van der Waals surface area contributed by atoms with E-state index in [0.717, 1.165) is 23.9 Å². The molecular weight excluding hydrogens is 304 g/mol. The molecule has 0 radical (unpaired) electrons. The van der Waals surface area contributed by atoms with Crippen molar-refractivity contribution in [1.82, 2.24) is 14.9 Å². The minimum atomic E-state index is -0.348. The third-order valence-corrected chi connectivity index (χ3v) is 5.07. The monoisotopic (exact) mass is 326 g/mol. The number of para-hydroxylation sites is 2. The minimum Gasteiger partial charge on any atom is -0.353 e. The van der Waals surface area contributed by atoms with Crippen LogP contribution in [0.1, 0.15) is 38.5 Å². The molecule has 4 rings (SSSR count). The van der Waals surface area contributed by atoms with Crippen molar-refractivity contribution in [3.05, 3.63) is 24.3 Å². The zero-order valence-electron chi connectivity index (χ0n) is 13.6. The molecule has 24 heavy (non-hydrogen) atoms. The van der Waals surface area contributed by atoms with Gasteiger partial charge < -0.3 is 9.88 Å². The fourth-order valence-corrected chi connectivity index (χ4v) is 3.79. The summed E-state index contributed by atoms with van der Waals surface area (Å²) in [4.78, 5) is 29.1. The van der Waals surface area contributed by atoms with Crippen LogP contribution in [0.3, 0.4) is 0 Å². The number of anilines is 1. The van der Waals surface area contributed by atoms with Gasteiger partial charge in [0.05, 0.1) is 17.0 Å². The molecule has 1 fully saturated rings. The lowest BCUT2D eigenvalue weighted by Gasteiger charge is -2.26. The van der Waals surface area contributed by atoms with Crippen LogP contribution >= 0.6 is 0 Å². The highest BCUT2D eigenvalue weighted by molar-refractivity contribution is 5.97. The standard InChI is InChI=1S/C18H22N4O2/c23-16(19-13-6-2-1-3-7-13)10-12-11-22-15-9-5-4-8-14(15)20-18(22)21-17(12)24/h4-5,8-9,12-13H,1-3,6-7,10-11H2,(H,19,23)(H,20,21,24). The van der Waals surface area contributed by atoms with Gasteiger partial charge in [-0.3, -0.25) is 14.9 Å². The molecule has 2 N–H and O–H groups in total. The van der Waals surface area contributed by atoms with Crippen LogP contribution in [-0.2, 0) is 16.1 Å². The number of fused-ring (bicyclic) bond motifs is 3. The summed E-state index contributed by atoms with van der Waals surface area (Å²) in [6.45, 7) is 0.500. The fourth-order valence-electron chi connectivity index (χ4n) is 3.79. The van der Waals surface area contributed by atoms with Gasteiger partial charge in [0, 0.05) is 19.0 Å². The van der Waals surface area contributed by atoms with E-state index in [2.05, 4.69) is 15.6 Å². The number of amides is 2. The van der Waals surface area contributed by atoms with Crippen LogP contribution in [0.5, 0.6) is 0 Å². The molecule has 2 aliphatic rings. The average Bonchev–Trinajstić information content (AvgIpc) is 2.93. The molecule has 126 valence electrons. The number of hydrogen-bond acceptors (Lipinski definition) is 3. The Labute approximate surface area is 140 Å². The number of carbonyl (C=O) groups excluding carboxylic acids is 2. The number of hydrogen-bond donors (Lipinski definition) is 2. The van der Waals surface area contributed by atoms with E-state index < -0.39 is 0 Å². The van der Waals surface area contributed by atoms with Crippen LogP contribution in [-0.4, -0.2) is 27.4 Å². The van der Waals surface area contributed by atoms with Gasteiger partial charge >= 0.3 is 0 Å². The normalized spacial score (nSPS) is 21.3. The van der Waals surface area contributed by atoms with E-state index >= 15 is 0 Å². The van der Waals surface area contributed by atoms with Crippen molar-refractivity contribution in [1.29, 1.82) is 0 Å². The van der Waals surface area contributed by atoms with Gasteiger partial charge in [-0.2, -0.15) is 0 Å². The molecule has 1 aliphatic heterocycles. The van der Waals surface area contributed by atoms with Crippen LogP contribution in [0.25, 0.3) is 11.0 Å². The number of aromatic nitrogens is 2. The molecular formula is C18H22N4O2. The predicted octanol–water partition coefficient (Wildman–Crippen LogP) is 2.44. The second kappa shape index (κ2) is 6.26. The van der Waals surface area contributed by atoms with Crippen molar-refractivity contribution in [2.24, 2.45) is 5.92 Å². The van der Waals surface area contributed by atoms with Gasteiger partial charge in [0.1, 0.15) is 0 Å². The molecule has 6 nitrogen and oxygen atoms in total. The smallest absolute Gasteiger partial charge is 0.232 e. The summed E-state index contributed by atoms with van der Waals surface area (Å²) in [5.41, 5.74) is 1.85. The maximum absolute atomic E-state index is 12.3. The van der Waals surface area contributed by atoms with Crippen molar-refractivity contribution >= 4 is 28.8 Å². The Morgan fingerprint density at radius 2 is 2.04 bits per heavy atom. The first-order valence-electron chi connectivity index (χ1n) is 8.76. The van der Waals surface area contributed by atoms with Crippen LogP contribution in [0, 0.1) is 5.92 Å². The summed E-state index contributed by atoms with van der Waals surface area (Å²) in [6, 6.07) is 8.08. The largest absolute Gasteiger partial charge is 0.353 e. The van der Waals surface area contributed by atoms with E-state index in [0.29, 0.717) is 12.5 Å². The summed E-state index contributed by atoms with van der Waals surface area (Å²) in [7, 11) is 0. The number of rotatable bonds is 3. The third-order valence-electron chi connectivity index (χ3n) is 5.07. The van der Waals surface area contributed by atoms with Crippen LogP contribution < -0.4 is 10.6 Å². The van der Waals surface area contributed by atoms with Gasteiger partial charge in [-0.15, -0.1) is 0 Å². The molecule has 1 unspecified atom stereocenters. The number of carbonyl (C=O) groups is 2. The molecule has 1 aromatic heterocycles. The maximum Gasteiger partial charge on any atom is 0.232 e. The highest BCUT2D eigenvalue weighted by Crippen LogP contribution is 2.26. The summed E-state index contributed by atoms with van der Waals surface area (Å²) < 4.78 is 2.00. The Bertz CT molecular complexity index is 776. The Balaban J connectivity index is 1.46. The second-order valence-corrected chi connectivity index (χ2v) is 6.83. The predicted molar refractivity (Wildman–Crippen MR) is 91.5 cm³/mol. The zero-order chi connectivity index (χ0) is 16.5. The molecule has 0 bridgehead atoms. The van der Waals surface area contributed by atoms with Gasteiger partial charge in [-0.25, -0.2) is 4.98 Å². The van der Waals surface area contributed by atoms with Crippen LogP contribution in [0.15, 0.2) is 24.3 Å². The van der Waals surface area contributed by atoms with Crippen LogP contribution in [0.4, 0.5) is 5.95 Å². The van der Waals surface area contributed by atoms with Gasteiger partial charge in [0.25, 0.3) is 0 Å². The highest BCUT2D eigenvalue weighted by Gasteiger charge is 2.30. The average molecular weight is 326 g/mol. The Kier molecular flexibility index (Phi) is 3.96. The van der Waals surface area contributed by atoms with Gasteiger partial charge in [-0.1, -0.05) is 31.4 Å². The van der Waals surface area contributed by atoms with E-state index in [4.69, 9.17) is 0 Å². The fraction of sp³-hybridized carbons (Fsp3) is 0.500. The SMILES string of the molecule is O=C(CC1Cn2c(nc3ccccc32)NC1=O)NC1CCCCC1. The van der Waals surface area contributed by atoms with Crippen molar-refractivity contribution < 1.29 is 9.59 Å². The molecule has 1 aliphatic carbocycles. The van der Waals surface area contributed by atoms with Crippen molar-refractivity contribution in [3.63, 3.8) is 0 Å². The lowest BCUT2D eigenvalue weighted by Crippen LogP contribution is -2.41. The van der Waals surface area contributed by atoms with E-state index in [1.165, 1.54) is 19.3 Å². The van der Waals surface area contributed by atoms with Gasteiger partial charge in [-0.05, 0) is 25.0 Å². The quantitative estimate of drug-likeness (QED) is 0.909. The number of nitrogens with one attached hydrogen (secondary N) is 2. The van der Waals surface area contributed by atoms with Crippen molar-refractivity contribution in [2.75, 3.05) is 5.32 Å². The minimum absolute atomic E-state index is 0.0186. The molecule has 2 heterocycles. The van der Waals surface area contributed by atoms with Crippen molar-refractivity contribution in [3.8, 4) is 0 Å². The number of nitrogens with zero attached hydrogens (tertiary/aromatic N) is 2. The topological polar surface area (TPSA) is 76.0 Å². The molecule has 0 spiro atoms. The Hall–Kier alpha value is -2.37. The zero-order valence-corrected chi connectivity index (χ0v) is 13.6. The lowest BCUT2D eigenvalue weighted by molar-refractivity contribution is -0.128. The van der Waals surface area contributed by atoms with Gasteiger partial charge in [0.15, 0.2) is 0 Å². The first-order chi connectivity index (χ1) is 11.7. The third kappa shape index (κ3) is 2.88. The number of imidazole rings is 1. The first kappa shape index (κ1) is 15.2. The lowest BCUT2D eigenvalue weighted by atomic mass is 9.95. The maximum atomic E-state index is 12.3. The molecule has 6 heteroatoms. The molecule has 2 aromatic rings. The Morgan fingerprint density at radius 3 is 2.88 bits per heavy atom. The molecule has 1 saturated carbocycles. The van der Waals surface area contributed by atoms with Gasteiger partial charge in [0.2, 0.25) is 17.8 Å². The molecule has 1 atom stereocenters. The highest BCUT2D eigenvalue weighted by atomic mass is 16.2. The number of benzene rings is 1. The summed E-state index contributed by atoms with van der Waals surface area (Å²) >= 11 is 0. The molecule has 1 aromatic carbocycles. The summed E-state index contributed by atoms with van der Waals surface area (Å²) in [6.07, 6.45) is 5.96. The van der Waals surface area contributed by atoms with E-state index in [1.807, 2.05) is 28.8 Å². The molecule has 0 saturated heterocycles. The summed E-state index contributed by atoms with van der Waals surface area (Å²) in [5.74, 6) is 0.0929. The van der Waals surface area contributed by atoms with E-state index in [9.17, 15) is 9.59 Å². The first-order valence-corrected chi connectivity index (χ1v) is 8.76. The van der Waals surface area contributed by atoms with Crippen LogP contribution in [0.2, 0.25) is 0 Å². The summed E-state index contributed by atoms with van der Waals surface area (Å²) in [5, 5.41) is 5.94. The van der Waals surface area contributed by atoms with E-state index in [1.54, 1.807) is 0 Å². The Morgan fingerprint density at radius 1 is 1.25 bits per heavy atom. The second-order valence-electron chi connectivity index (χ2n) is 6.83. The molecule has 2 amide bonds.